The summed E-state index contributed by atoms with van der Waals surface area (Å²) in [4.78, 5) is 15.6. The van der Waals surface area contributed by atoms with Crippen LogP contribution in [0.3, 0.4) is 0 Å². The van der Waals surface area contributed by atoms with Gasteiger partial charge in [0.15, 0.2) is 5.82 Å². The van der Waals surface area contributed by atoms with E-state index in [0.29, 0.717) is 22.8 Å². The Labute approximate surface area is 116 Å². The lowest BCUT2D eigenvalue weighted by Gasteiger charge is -2.09. The summed E-state index contributed by atoms with van der Waals surface area (Å²) < 4.78 is 1.43. The van der Waals surface area contributed by atoms with Gasteiger partial charge in [-0.25, -0.2) is 14.5 Å². The van der Waals surface area contributed by atoms with Gasteiger partial charge in [-0.3, -0.25) is 0 Å². The number of hydrogen-bond acceptors (Lipinski definition) is 4. The van der Waals surface area contributed by atoms with Gasteiger partial charge in [0.25, 0.3) is 0 Å². The van der Waals surface area contributed by atoms with Crippen molar-refractivity contribution < 1.29 is 9.90 Å². The maximum absolute atomic E-state index is 11.2. The molecule has 0 saturated carbocycles. The highest BCUT2D eigenvalue weighted by Crippen LogP contribution is 2.21. The number of aromatic nitrogens is 3. The molecule has 102 valence electrons. The molecule has 6 nitrogen and oxygen atoms in total. The first-order valence-corrected chi connectivity index (χ1v) is 6.05. The van der Waals surface area contributed by atoms with Crippen LogP contribution >= 0.6 is 0 Å². The molecule has 2 aromatic rings. The van der Waals surface area contributed by atoms with Gasteiger partial charge in [-0.05, 0) is 39.3 Å². The lowest BCUT2D eigenvalue weighted by Crippen LogP contribution is -2.08. The van der Waals surface area contributed by atoms with Crippen LogP contribution < -0.4 is 0 Å². The van der Waals surface area contributed by atoms with Crippen molar-refractivity contribution in [3.63, 3.8) is 0 Å². The monoisotopic (exact) mass is 270 g/mol. The minimum absolute atomic E-state index is 0.148. The van der Waals surface area contributed by atoms with Crippen LogP contribution in [-0.2, 0) is 0 Å². The van der Waals surface area contributed by atoms with Crippen LogP contribution in [0.1, 0.15) is 38.6 Å². The number of carboxylic acid groups (broad SMARTS) is 1. The number of pyridine rings is 1. The first kappa shape index (κ1) is 13.7. The molecule has 0 unspecified atom stereocenters. The van der Waals surface area contributed by atoms with Gasteiger partial charge in [-0.15, -0.1) is 0 Å². The van der Waals surface area contributed by atoms with Gasteiger partial charge in [-0.1, -0.05) is 0 Å². The van der Waals surface area contributed by atoms with Gasteiger partial charge in [0.05, 0.1) is 17.0 Å². The number of nitriles is 1. The molecule has 20 heavy (non-hydrogen) atoms. The molecule has 0 bridgehead atoms. The molecule has 0 atom stereocenters. The molecule has 0 saturated heterocycles. The van der Waals surface area contributed by atoms with Gasteiger partial charge in [0.2, 0.25) is 0 Å². The zero-order valence-corrected chi connectivity index (χ0v) is 11.7. The highest BCUT2D eigenvalue weighted by molar-refractivity contribution is 5.90. The third-order valence-corrected chi connectivity index (χ3v) is 3.14. The molecule has 0 amide bonds. The molecule has 0 fully saturated rings. The van der Waals surface area contributed by atoms with Gasteiger partial charge >= 0.3 is 5.97 Å². The second-order valence-corrected chi connectivity index (χ2v) is 4.65. The molecule has 1 N–H and O–H groups in total. The average molecular weight is 270 g/mol. The summed E-state index contributed by atoms with van der Waals surface area (Å²) in [7, 11) is 0. The molecule has 0 aliphatic rings. The molecular weight excluding hydrogens is 256 g/mol. The Morgan fingerprint density at radius 1 is 1.35 bits per heavy atom. The van der Waals surface area contributed by atoms with E-state index < -0.39 is 5.97 Å². The molecule has 0 radical (unpaired) electrons. The van der Waals surface area contributed by atoms with E-state index in [1.54, 1.807) is 13.8 Å². The number of hydrogen-bond donors (Lipinski definition) is 1. The highest BCUT2D eigenvalue weighted by atomic mass is 16.4. The van der Waals surface area contributed by atoms with Crippen LogP contribution in [0.5, 0.6) is 0 Å². The highest BCUT2D eigenvalue weighted by Gasteiger charge is 2.21. The van der Waals surface area contributed by atoms with Crippen molar-refractivity contribution in [3.8, 4) is 11.9 Å². The smallest absolute Gasteiger partial charge is 0.339 e. The third kappa shape index (κ3) is 2.03. The van der Waals surface area contributed by atoms with E-state index in [-0.39, 0.29) is 5.56 Å². The third-order valence-electron chi connectivity index (χ3n) is 3.14. The molecule has 0 aromatic carbocycles. The molecule has 0 spiro atoms. The number of aryl methyl sites for hydroxylation is 3. The minimum Gasteiger partial charge on any atom is -0.478 e. The van der Waals surface area contributed by atoms with Crippen molar-refractivity contribution in [3.05, 3.63) is 39.8 Å². The Kier molecular flexibility index (Phi) is 3.28. The zero-order chi connectivity index (χ0) is 15.0. The predicted molar refractivity (Wildman–Crippen MR) is 72.0 cm³/mol. The van der Waals surface area contributed by atoms with Crippen LogP contribution in [0.15, 0.2) is 6.07 Å². The fourth-order valence-electron chi connectivity index (χ4n) is 2.27. The quantitative estimate of drug-likeness (QED) is 0.901. The summed E-state index contributed by atoms with van der Waals surface area (Å²) in [5, 5.41) is 22.7. The predicted octanol–water partition coefficient (Wildman–Crippen LogP) is 2.07. The summed E-state index contributed by atoms with van der Waals surface area (Å²) in [6.45, 7) is 6.92. The van der Waals surface area contributed by atoms with Crippen molar-refractivity contribution in [1.82, 2.24) is 14.8 Å². The topological polar surface area (TPSA) is 91.8 Å². The fourth-order valence-corrected chi connectivity index (χ4v) is 2.27. The lowest BCUT2D eigenvalue weighted by atomic mass is 10.1. The van der Waals surface area contributed by atoms with E-state index in [0.717, 1.165) is 11.3 Å². The fraction of sp³-hybridized carbons (Fsp3) is 0.286. The first-order chi connectivity index (χ1) is 9.36. The Balaban J connectivity index is 2.80. The number of aromatic carboxylic acids is 1. The summed E-state index contributed by atoms with van der Waals surface area (Å²) in [5.74, 6) is -0.660. The SMILES string of the molecule is Cc1cc(C)c(C#N)c(-n2nc(C)c(C(=O)O)c2C)n1. The normalized spacial score (nSPS) is 10.3. The van der Waals surface area contributed by atoms with Crippen LogP contribution in [0.25, 0.3) is 5.82 Å². The van der Waals surface area contributed by atoms with Gasteiger partial charge < -0.3 is 5.11 Å². The summed E-state index contributed by atoms with van der Waals surface area (Å²) in [6, 6.07) is 3.92. The van der Waals surface area contributed by atoms with Crippen LogP contribution in [-0.4, -0.2) is 25.8 Å². The van der Waals surface area contributed by atoms with E-state index >= 15 is 0 Å². The van der Waals surface area contributed by atoms with Crippen molar-refractivity contribution in [2.45, 2.75) is 27.7 Å². The number of carboxylic acids is 1. The standard InChI is InChI=1S/C14H14N4O2/c1-7-5-8(2)16-13(11(7)6-15)18-10(4)12(14(19)20)9(3)17-18/h5H,1-4H3,(H,19,20). The number of nitrogens with zero attached hydrogens (tertiary/aromatic N) is 4. The van der Waals surface area contributed by atoms with Gasteiger partial charge in [-0.2, -0.15) is 10.4 Å². The number of carbonyl (C=O) groups is 1. The van der Waals surface area contributed by atoms with Gasteiger partial charge in [0.1, 0.15) is 11.6 Å². The Morgan fingerprint density at radius 2 is 2.00 bits per heavy atom. The summed E-state index contributed by atoms with van der Waals surface area (Å²) >= 11 is 0. The average Bonchev–Trinajstić information content (AvgIpc) is 2.63. The van der Waals surface area contributed by atoms with Crippen molar-refractivity contribution in [2.24, 2.45) is 0 Å². The van der Waals surface area contributed by atoms with E-state index in [1.165, 1.54) is 4.68 Å². The van der Waals surface area contributed by atoms with Crippen molar-refractivity contribution in [1.29, 1.82) is 5.26 Å². The van der Waals surface area contributed by atoms with Crippen molar-refractivity contribution >= 4 is 5.97 Å². The van der Waals surface area contributed by atoms with Crippen molar-refractivity contribution in [2.75, 3.05) is 0 Å². The summed E-state index contributed by atoms with van der Waals surface area (Å²) in [5.41, 5.74) is 2.96. The maximum atomic E-state index is 11.2. The molecule has 2 rings (SSSR count). The van der Waals surface area contributed by atoms with E-state index in [9.17, 15) is 15.2 Å². The van der Waals surface area contributed by atoms with Crippen LogP contribution in [0.2, 0.25) is 0 Å². The molecule has 0 aliphatic carbocycles. The largest absolute Gasteiger partial charge is 0.478 e. The summed E-state index contributed by atoms with van der Waals surface area (Å²) in [6.07, 6.45) is 0. The maximum Gasteiger partial charge on any atom is 0.339 e. The second kappa shape index (κ2) is 4.78. The van der Waals surface area contributed by atoms with E-state index in [2.05, 4.69) is 16.2 Å². The van der Waals surface area contributed by atoms with Crippen LogP contribution in [0.4, 0.5) is 0 Å². The number of rotatable bonds is 2. The lowest BCUT2D eigenvalue weighted by molar-refractivity contribution is 0.0695. The Bertz CT molecular complexity index is 754. The van der Waals surface area contributed by atoms with Crippen LogP contribution in [0, 0.1) is 39.0 Å². The minimum atomic E-state index is -1.03. The second-order valence-electron chi connectivity index (χ2n) is 4.65. The molecule has 2 heterocycles. The first-order valence-electron chi connectivity index (χ1n) is 6.05. The van der Waals surface area contributed by atoms with E-state index in [1.807, 2.05) is 19.9 Å². The molecule has 6 heteroatoms. The molecular formula is C14H14N4O2. The Hall–Kier alpha value is -2.68. The van der Waals surface area contributed by atoms with Gasteiger partial charge in [0, 0.05) is 5.69 Å². The molecule has 0 aliphatic heterocycles. The zero-order valence-electron chi connectivity index (χ0n) is 11.7. The van der Waals surface area contributed by atoms with E-state index in [4.69, 9.17) is 0 Å². The molecule has 2 aromatic heterocycles. The Morgan fingerprint density at radius 3 is 2.50 bits per heavy atom.